The highest BCUT2D eigenvalue weighted by Gasteiger charge is 2.15. The average molecular weight is 368 g/mol. The highest BCUT2D eigenvalue weighted by atomic mass is 32.1. The number of aromatic carboxylic acids is 1. The summed E-state index contributed by atoms with van der Waals surface area (Å²) in [4.78, 5) is 27.9. The van der Waals surface area contributed by atoms with Crippen molar-refractivity contribution in [1.82, 2.24) is 4.98 Å². The zero-order chi connectivity index (χ0) is 18.5. The van der Waals surface area contributed by atoms with Gasteiger partial charge in [-0.15, -0.1) is 11.3 Å². The third-order valence-electron chi connectivity index (χ3n) is 3.70. The molecule has 132 valence electrons. The Morgan fingerprint density at radius 1 is 1.15 bits per heavy atom. The molecule has 2 aromatic carbocycles. The first-order valence-electron chi connectivity index (χ1n) is 7.78. The molecule has 0 aliphatic heterocycles. The number of anilines is 1. The number of aromatic nitrogens is 1. The van der Waals surface area contributed by atoms with Crippen LogP contribution in [-0.2, 0) is 6.42 Å². The van der Waals surface area contributed by atoms with Crippen LogP contribution in [0.4, 0.5) is 5.69 Å². The zero-order valence-electron chi connectivity index (χ0n) is 13.9. The molecule has 3 aromatic rings. The maximum atomic E-state index is 12.4. The van der Waals surface area contributed by atoms with Gasteiger partial charge in [0.15, 0.2) is 0 Å². The lowest BCUT2D eigenvalue weighted by Gasteiger charge is -2.06. The Labute approximate surface area is 154 Å². The highest BCUT2D eigenvalue weighted by Crippen LogP contribution is 2.20. The molecular formula is C19H16N2O4S. The van der Waals surface area contributed by atoms with Crippen LogP contribution in [0.1, 0.15) is 31.4 Å². The van der Waals surface area contributed by atoms with Gasteiger partial charge in [0.1, 0.15) is 11.4 Å². The topological polar surface area (TPSA) is 88.5 Å². The van der Waals surface area contributed by atoms with Gasteiger partial charge in [-0.3, -0.25) is 4.79 Å². The molecule has 7 heteroatoms. The first kappa shape index (κ1) is 17.6. The Balaban J connectivity index is 1.71. The summed E-state index contributed by atoms with van der Waals surface area (Å²) < 4.78 is 5.13. The molecule has 1 heterocycles. The van der Waals surface area contributed by atoms with E-state index in [2.05, 4.69) is 10.3 Å². The number of thiazole rings is 1. The van der Waals surface area contributed by atoms with E-state index in [1.54, 1.807) is 30.7 Å². The minimum Gasteiger partial charge on any atom is -0.497 e. The van der Waals surface area contributed by atoms with Crippen LogP contribution in [0.3, 0.4) is 0 Å². The van der Waals surface area contributed by atoms with Gasteiger partial charge < -0.3 is 15.2 Å². The quantitative estimate of drug-likeness (QED) is 0.693. The minimum absolute atomic E-state index is 0.0366. The number of hydrogen-bond acceptors (Lipinski definition) is 5. The number of benzene rings is 2. The predicted octanol–water partition coefficient (Wildman–Crippen LogP) is 3.69. The number of methoxy groups -OCH3 is 1. The van der Waals surface area contributed by atoms with Crippen LogP contribution in [0, 0.1) is 0 Å². The fourth-order valence-corrected chi connectivity index (χ4v) is 3.19. The first-order chi connectivity index (χ1) is 12.6. The van der Waals surface area contributed by atoms with Crippen LogP contribution in [0.5, 0.6) is 5.75 Å². The lowest BCUT2D eigenvalue weighted by atomic mass is 10.1. The van der Waals surface area contributed by atoms with Gasteiger partial charge in [-0.05, 0) is 29.8 Å². The van der Waals surface area contributed by atoms with E-state index in [1.165, 1.54) is 17.4 Å². The Kier molecular flexibility index (Phi) is 5.28. The van der Waals surface area contributed by atoms with E-state index in [9.17, 15) is 14.7 Å². The van der Waals surface area contributed by atoms with E-state index in [0.29, 0.717) is 6.42 Å². The molecule has 1 aromatic heterocycles. The SMILES string of the molecule is COc1ccc(Cc2nc(C(=O)Nc3ccccc3C(=O)O)cs2)cc1. The van der Waals surface area contributed by atoms with Gasteiger partial charge in [-0.2, -0.15) is 0 Å². The number of nitrogens with one attached hydrogen (secondary N) is 1. The molecule has 0 spiro atoms. The predicted molar refractivity (Wildman–Crippen MR) is 99.3 cm³/mol. The summed E-state index contributed by atoms with van der Waals surface area (Å²) in [5.41, 5.74) is 1.60. The molecule has 0 atom stereocenters. The van der Waals surface area contributed by atoms with Gasteiger partial charge in [0.05, 0.1) is 23.4 Å². The van der Waals surface area contributed by atoms with Crippen molar-refractivity contribution in [1.29, 1.82) is 0 Å². The molecule has 0 aliphatic carbocycles. The van der Waals surface area contributed by atoms with Crippen LogP contribution < -0.4 is 10.1 Å². The Morgan fingerprint density at radius 2 is 1.88 bits per heavy atom. The second-order valence-corrected chi connectivity index (χ2v) is 6.40. The number of amides is 1. The van der Waals surface area contributed by atoms with E-state index in [-0.39, 0.29) is 16.9 Å². The molecule has 0 aliphatic rings. The molecule has 3 rings (SSSR count). The minimum atomic E-state index is -1.10. The maximum Gasteiger partial charge on any atom is 0.337 e. The second-order valence-electron chi connectivity index (χ2n) is 5.46. The molecule has 1 amide bonds. The summed E-state index contributed by atoms with van der Waals surface area (Å²) in [5.74, 6) is -0.750. The van der Waals surface area contributed by atoms with Crippen molar-refractivity contribution in [3.63, 3.8) is 0 Å². The van der Waals surface area contributed by atoms with Gasteiger partial charge in [-0.1, -0.05) is 24.3 Å². The molecule has 0 bridgehead atoms. The van der Waals surface area contributed by atoms with Crippen LogP contribution >= 0.6 is 11.3 Å². The van der Waals surface area contributed by atoms with E-state index in [1.807, 2.05) is 24.3 Å². The van der Waals surface area contributed by atoms with Gasteiger partial charge in [0.2, 0.25) is 0 Å². The fraction of sp³-hybridized carbons (Fsp3) is 0.105. The van der Waals surface area contributed by atoms with Crippen molar-refractivity contribution < 1.29 is 19.4 Å². The molecule has 0 saturated heterocycles. The Hall–Kier alpha value is -3.19. The Morgan fingerprint density at radius 3 is 2.58 bits per heavy atom. The number of carboxylic acids is 1. The van der Waals surface area contributed by atoms with Gasteiger partial charge in [0, 0.05) is 11.8 Å². The van der Waals surface area contributed by atoms with Crippen molar-refractivity contribution in [2.45, 2.75) is 6.42 Å². The van der Waals surface area contributed by atoms with Gasteiger partial charge >= 0.3 is 5.97 Å². The monoisotopic (exact) mass is 368 g/mol. The van der Waals surface area contributed by atoms with Crippen molar-refractivity contribution in [3.05, 3.63) is 75.7 Å². The number of rotatable bonds is 6. The number of carboxylic acid groups (broad SMARTS) is 1. The van der Waals surface area contributed by atoms with E-state index < -0.39 is 11.9 Å². The number of carbonyl (C=O) groups is 2. The Bertz CT molecular complexity index is 935. The van der Waals surface area contributed by atoms with Crippen LogP contribution in [0.25, 0.3) is 0 Å². The lowest BCUT2D eigenvalue weighted by molar-refractivity contribution is 0.0698. The summed E-state index contributed by atoms with van der Waals surface area (Å²) in [5, 5.41) is 14.3. The molecule has 26 heavy (non-hydrogen) atoms. The number of nitrogens with zero attached hydrogens (tertiary/aromatic N) is 1. The highest BCUT2D eigenvalue weighted by molar-refractivity contribution is 7.09. The smallest absolute Gasteiger partial charge is 0.337 e. The zero-order valence-corrected chi connectivity index (χ0v) is 14.7. The number of carbonyl (C=O) groups excluding carboxylic acids is 1. The molecule has 0 radical (unpaired) electrons. The van der Waals surface area contributed by atoms with Crippen molar-refractivity contribution in [3.8, 4) is 5.75 Å². The number of ether oxygens (including phenoxy) is 1. The summed E-state index contributed by atoms with van der Waals surface area (Å²) in [6.45, 7) is 0. The summed E-state index contributed by atoms with van der Waals surface area (Å²) in [7, 11) is 1.61. The van der Waals surface area contributed by atoms with E-state index >= 15 is 0 Å². The summed E-state index contributed by atoms with van der Waals surface area (Å²) in [6, 6.07) is 13.9. The third kappa shape index (κ3) is 4.07. The molecule has 0 unspecified atom stereocenters. The van der Waals surface area contributed by atoms with Crippen molar-refractivity contribution in [2.75, 3.05) is 12.4 Å². The van der Waals surface area contributed by atoms with Crippen molar-refractivity contribution in [2.24, 2.45) is 0 Å². The van der Waals surface area contributed by atoms with E-state index in [4.69, 9.17) is 4.74 Å². The lowest BCUT2D eigenvalue weighted by Crippen LogP contribution is -2.15. The summed E-state index contributed by atoms with van der Waals surface area (Å²) >= 11 is 1.38. The molecular weight excluding hydrogens is 352 g/mol. The van der Waals surface area contributed by atoms with Gasteiger partial charge in [0.25, 0.3) is 5.91 Å². The standard InChI is InChI=1S/C19H16N2O4S/c1-25-13-8-6-12(7-9-13)10-17-20-16(11-26-17)18(22)21-15-5-3-2-4-14(15)19(23)24/h2-9,11H,10H2,1H3,(H,21,22)(H,23,24). The molecule has 2 N–H and O–H groups in total. The molecule has 0 saturated carbocycles. The number of para-hydroxylation sites is 1. The van der Waals surface area contributed by atoms with Crippen LogP contribution in [0.15, 0.2) is 53.9 Å². The normalized spacial score (nSPS) is 10.3. The molecule has 0 fully saturated rings. The fourth-order valence-electron chi connectivity index (χ4n) is 2.38. The second kappa shape index (κ2) is 7.79. The van der Waals surface area contributed by atoms with E-state index in [0.717, 1.165) is 16.3 Å². The average Bonchev–Trinajstić information content (AvgIpc) is 3.11. The maximum absolute atomic E-state index is 12.4. The third-order valence-corrected chi connectivity index (χ3v) is 4.55. The largest absolute Gasteiger partial charge is 0.497 e. The van der Waals surface area contributed by atoms with Crippen molar-refractivity contribution >= 4 is 28.9 Å². The van der Waals surface area contributed by atoms with Gasteiger partial charge in [-0.25, -0.2) is 9.78 Å². The molecule has 6 nitrogen and oxygen atoms in total. The van der Waals surface area contributed by atoms with Crippen LogP contribution in [0.2, 0.25) is 0 Å². The summed E-state index contributed by atoms with van der Waals surface area (Å²) in [6.07, 6.45) is 0.605. The van der Waals surface area contributed by atoms with Crippen LogP contribution in [-0.4, -0.2) is 29.1 Å². The number of hydrogen-bond donors (Lipinski definition) is 2. The first-order valence-corrected chi connectivity index (χ1v) is 8.66.